The van der Waals surface area contributed by atoms with Crippen molar-refractivity contribution < 1.29 is 0 Å². The highest BCUT2D eigenvalue weighted by Gasteiger charge is 2.18. The van der Waals surface area contributed by atoms with Crippen LogP contribution in [0.2, 0.25) is 0 Å². The normalized spacial score (nSPS) is 13.3. The van der Waals surface area contributed by atoms with Crippen molar-refractivity contribution in [2.75, 3.05) is 12.4 Å². The Hall–Kier alpha value is -2.06. The summed E-state index contributed by atoms with van der Waals surface area (Å²) in [7, 11) is 2.02. The molecule has 0 amide bonds. The van der Waals surface area contributed by atoms with E-state index in [0.717, 1.165) is 24.2 Å². The summed E-state index contributed by atoms with van der Waals surface area (Å²) >= 11 is 0. The van der Waals surface area contributed by atoms with Gasteiger partial charge in [0.25, 0.3) is 0 Å². The molecule has 0 aliphatic heterocycles. The lowest BCUT2D eigenvalue weighted by atomic mass is 9.92. The molecule has 2 heteroatoms. The van der Waals surface area contributed by atoms with Crippen molar-refractivity contribution in [1.29, 1.82) is 0 Å². The summed E-state index contributed by atoms with van der Waals surface area (Å²) in [4.78, 5) is 0. The van der Waals surface area contributed by atoms with Crippen LogP contribution in [-0.2, 0) is 12.8 Å². The van der Waals surface area contributed by atoms with Crippen LogP contribution in [0.4, 0.5) is 5.69 Å². The zero-order valence-electron chi connectivity index (χ0n) is 15.2. The molecule has 2 nitrogen and oxygen atoms in total. The molecule has 2 aromatic rings. The molecule has 0 heterocycles. The van der Waals surface area contributed by atoms with Gasteiger partial charge < -0.3 is 10.6 Å². The minimum Gasteiger partial charge on any atom is -0.359 e. The van der Waals surface area contributed by atoms with Crippen molar-refractivity contribution in [3.05, 3.63) is 78.0 Å². The molecule has 0 aromatic heterocycles. The van der Waals surface area contributed by atoms with Gasteiger partial charge >= 0.3 is 0 Å². The zero-order chi connectivity index (χ0) is 17.4. The van der Waals surface area contributed by atoms with E-state index in [0.29, 0.717) is 12.0 Å². The second-order valence-corrected chi connectivity index (χ2v) is 6.47. The molecule has 0 bridgehead atoms. The fourth-order valence-electron chi connectivity index (χ4n) is 2.98. The molecule has 128 valence electrons. The lowest BCUT2D eigenvalue weighted by Crippen LogP contribution is -2.36. The maximum atomic E-state index is 4.27. The quantitative estimate of drug-likeness (QED) is 0.676. The highest BCUT2D eigenvalue weighted by molar-refractivity contribution is 5.49. The Bertz CT molecular complexity index is 616. The largest absolute Gasteiger partial charge is 0.359 e. The van der Waals surface area contributed by atoms with Gasteiger partial charge in [0.05, 0.1) is 0 Å². The molecule has 0 fully saturated rings. The molecule has 0 aliphatic rings. The van der Waals surface area contributed by atoms with Gasteiger partial charge in [0.2, 0.25) is 0 Å². The number of hydrogen-bond acceptors (Lipinski definition) is 2. The Labute approximate surface area is 147 Å². The Morgan fingerprint density at radius 1 is 1.00 bits per heavy atom. The molecule has 2 rings (SSSR count). The molecule has 24 heavy (non-hydrogen) atoms. The predicted octanol–water partition coefficient (Wildman–Crippen LogP) is 5.03. The molecule has 0 spiro atoms. The van der Waals surface area contributed by atoms with E-state index in [1.54, 1.807) is 0 Å². The first-order valence-electron chi connectivity index (χ1n) is 8.90. The highest BCUT2D eigenvalue weighted by atomic mass is 14.9. The number of likely N-dealkylation sites (N-methyl/N-ethyl adjacent to an activating group) is 1. The summed E-state index contributed by atoms with van der Waals surface area (Å²) in [6.45, 7) is 8.70. The van der Waals surface area contributed by atoms with E-state index in [1.807, 2.05) is 7.05 Å². The van der Waals surface area contributed by atoms with Gasteiger partial charge in [-0.3, -0.25) is 0 Å². The Kier molecular flexibility index (Phi) is 7.07. The second-order valence-electron chi connectivity index (χ2n) is 6.47. The molecule has 0 saturated heterocycles. The van der Waals surface area contributed by atoms with Crippen molar-refractivity contribution in [3.8, 4) is 0 Å². The van der Waals surface area contributed by atoms with Crippen molar-refractivity contribution in [2.24, 2.45) is 5.92 Å². The smallest absolute Gasteiger partial charge is 0.0381 e. The lowest BCUT2D eigenvalue weighted by Gasteiger charge is -2.26. The summed E-state index contributed by atoms with van der Waals surface area (Å²) in [6.07, 6.45) is 3.31. The van der Waals surface area contributed by atoms with Crippen molar-refractivity contribution >= 4 is 5.69 Å². The van der Waals surface area contributed by atoms with Gasteiger partial charge in [-0.1, -0.05) is 69.3 Å². The average molecular weight is 322 g/mol. The minimum atomic E-state index is 0.325. The number of nitrogens with one attached hydrogen (secondary N) is 2. The van der Waals surface area contributed by atoms with Crippen LogP contribution < -0.4 is 10.6 Å². The molecule has 0 saturated carbocycles. The molecule has 2 unspecified atom stereocenters. The Morgan fingerprint density at radius 2 is 1.67 bits per heavy atom. The van der Waals surface area contributed by atoms with Crippen LogP contribution in [0.5, 0.6) is 0 Å². The molecule has 2 atom stereocenters. The topological polar surface area (TPSA) is 24.1 Å². The van der Waals surface area contributed by atoms with E-state index in [2.05, 4.69) is 85.7 Å². The molecule has 0 radical (unpaired) electrons. The average Bonchev–Trinajstić information content (AvgIpc) is 2.62. The van der Waals surface area contributed by atoms with Gasteiger partial charge in [-0.15, -0.1) is 0 Å². The summed E-state index contributed by atoms with van der Waals surface area (Å²) in [6, 6.07) is 19.7. The summed E-state index contributed by atoms with van der Waals surface area (Å²) in [5, 5.41) is 6.92. The van der Waals surface area contributed by atoms with Gasteiger partial charge in [0, 0.05) is 23.3 Å². The fraction of sp³-hybridized carbons (Fsp3) is 0.364. The van der Waals surface area contributed by atoms with Crippen molar-refractivity contribution in [2.45, 2.75) is 39.2 Å². The van der Waals surface area contributed by atoms with Crippen LogP contribution in [0, 0.1) is 5.92 Å². The predicted molar refractivity (Wildman–Crippen MR) is 105 cm³/mol. The van der Waals surface area contributed by atoms with E-state index >= 15 is 0 Å². The zero-order valence-corrected chi connectivity index (χ0v) is 15.2. The maximum Gasteiger partial charge on any atom is 0.0381 e. The van der Waals surface area contributed by atoms with E-state index in [-0.39, 0.29) is 0 Å². The molecular formula is C22H30N2. The Morgan fingerprint density at radius 3 is 2.25 bits per heavy atom. The van der Waals surface area contributed by atoms with Crippen LogP contribution in [0.25, 0.3) is 0 Å². The van der Waals surface area contributed by atoms with Crippen molar-refractivity contribution in [1.82, 2.24) is 5.32 Å². The van der Waals surface area contributed by atoms with E-state index in [1.165, 1.54) is 17.5 Å². The first kappa shape index (κ1) is 18.3. The van der Waals surface area contributed by atoms with Gasteiger partial charge in [-0.25, -0.2) is 0 Å². The highest BCUT2D eigenvalue weighted by Crippen LogP contribution is 2.20. The van der Waals surface area contributed by atoms with Crippen LogP contribution in [-0.4, -0.2) is 13.1 Å². The number of rotatable bonds is 9. The second kappa shape index (κ2) is 9.29. The van der Waals surface area contributed by atoms with Crippen LogP contribution in [0.1, 0.15) is 31.4 Å². The van der Waals surface area contributed by atoms with Gasteiger partial charge in [-0.2, -0.15) is 0 Å². The Balaban J connectivity index is 1.96. The van der Waals surface area contributed by atoms with Crippen LogP contribution in [0.3, 0.4) is 0 Å². The van der Waals surface area contributed by atoms with Gasteiger partial charge in [-0.05, 0) is 43.1 Å². The lowest BCUT2D eigenvalue weighted by molar-refractivity contribution is 0.445. The summed E-state index contributed by atoms with van der Waals surface area (Å²) < 4.78 is 0. The molecule has 0 aliphatic carbocycles. The number of aryl methyl sites for hydroxylation is 1. The third-order valence-corrected chi connectivity index (χ3v) is 4.62. The summed E-state index contributed by atoms with van der Waals surface area (Å²) in [5.41, 5.74) is 4.90. The molecule has 2 aromatic carbocycles. The third-order valence-electron chi connectivity index (χ3n) is 4.62. The number of anilines is 1. The van der Waals surface area contributed by atoms with Crippen LogP contribution in [0.15, 0.2) is 66.9 Å². The van der Waals surface area contributed by atoms with E-state index in [4.69, 9.17) is 0 Å². The third kappa shape index (κ3) is 5.24. The van der Waals surface area contributed by atoms with Crippen molar-refractivity contribution in [3.63, 3.8) is 0 Å². The van der Waals surface area contributed by atoms with E-state index < -0.39 is 0 Å². The monoisotopic (exact) mass is 322 g/mol. The first-order chi connectivity index (χ1) is 11.6. The molecule has 2 N–H and O–H groups in total. The minimum absolute atomic E-state index is 0.325. The molecular weight excluding hydrogens is 292 g/mol. The van der Waals surface area contributed by atoms with Crippen LogP contribution >= 0.6 is 0 Å². The number of hydrogen-bond donors (Lipinski definition) is 2. The first-order valence-corrected chi connectivity index (χ1v) is 8.90. The number of benzene rings is 2. The van der Waals surface area contributed by atoms with Gasteiger partial charge in [0.15, 0.2) is 0 Å². The fourth-order valence-corrected chi connectivity index (χ4v) is 2.98. The summed E-state index contributed by atoms with van der Waals surface area (Å²) in [5.74, 6) is 0.325. The van der Waals surface area contributed by atoms with E-state index in [9.17, 15) is 0 Å². The SMILES string of the molecule is C=C(Nc1ccc(CCC)cc1)C(C)C(Cc1ccccc1)NC. The standard InChI is InChI=1S/C22H30N2/c1-5-9-19-12-14-21(15-13-19)24-18(3)17(2)22(23-4)16-20-10-7-6-8-11-20/h6-8,10-15,17,22-24H,3,5,9,16H2,1-2,4H3. The maximum absolute atomic E-state index is 4.27. The van der Waals surface area contributed by atoms with Gasteiger partial charge in [0.1, 0.15) is 0 Å².